The molecule has 1 atom stereocenters. The summed E-state index contributed by atoms with van der Waals surface area (Å²) in [6.07, 6.45) is 1.44. The molecule has 1 unspecified atom stereocenters. The molecule has 0 spiro atoms. The zero-order valence-corrected chi connectivity index (χ0v) is 14.7. The Bertz CT molecular complexity index is 896. The topological polar surface area (TPSA) is 63.7 Å². The molecule has 0 fully saturated rings. The van der Waals surface area contributed by atoms with Crippen molar-refractivity contribution in [3.05, 3.63) is 70.8 Å². The molecule has 2 aromatic carbocycles. The minimum atomic E-state index is -0.594. The summed E-state index contributed by atoms with van der Waals surface area (Å²) in [5.74, 6) is -2.24. The Kier molecular flexibility index (Phi) is 3.68. The van der Waals surface area contributed by atoms with Crippen molar-refractivity contribution in [2.45, 2.75) is 38.0 Å². The molecule has 5 nitrogen and oxygen atoms in total. The van der Waals surface area contributed by atoms with Crippen LogP contribution in [0.5, 0.6) is 0 Å². The molecule has 26 heavy (non-hydrogen) atoms. The van der Waals surface area contributed by atoms with Gasteiger partial charge in [0.2, 0.25) is 0 Å². The van der Waals surface area contributed by atoms with Gasteiger partial charge in [-0.1, -0.05) is 55.3 Å². The maximum absolute atomic E-state index is 12.8. The van der Waals surface area contributed by atoms with Crippen LogP contribution >= 0.6 is 0 Å². The highest BCUT2D eigenvalue weighted by atomic mass is 16.7. The van der Waals surface area contributed by atoms with E-state index in [0.717, 1.165) is 17.5 Å². The van der Waals surface area contributed by atoms with Gasteiger partial charge in [-0.05, 0) is 41.5 Å². The summed E-state index contributed by atoms with van der Waals surface area (Å²) in [7, 11) is 0. The van der Waals surface area contributed by atoms with Gasteiger partial charge in [-0.25, -0.2) is 4.79 Å². The number of amides is 2. The minimum Gasteiger partial charge on any atom is -0.329 e. The number of benzene rings is 2. The molecular weight excluding hydrogens is 330 g/mol. The second-order valence-corrected chi connectivity index (χ2v) is 7.42. The van der Waals surface area contributed by atoms with Crippen molar-refractivity contribution in [3.8, 4) is 0 Å². The summed E-state index contributed by atoms with van der Waals surface area (Å²) in [4.78, 5) is 42.9. The van der Waals surface area contributed by atoms with Crippen molar-refractivity contribution in [3.63, 3.8) is 0 Å². The van der Waals surface area contributed by atoms with Gasteiger partial charge in [0.1, 0.15) is 0 Å². The molecule has 0 saturated carbocycles. The molecule has 5 heteroatoms. The maximum atomic E-state index is 12.8. The van der Waals surface area contributed by atoms with Crippen LogP contribution in [0.15, 0.2) is 48.5 Å². The van der Waals surface area contributed by atoms with Gasteiger partial charge >= 0.3 is 5.97 Å². The van der Waals surface area contributed by atoms with Crippen molar-refractivity contribution >= 4 is 17.8 Å². The van der Waals surface area contributed by atoms with E-state index in [-0.39, 0.29) is 16.5 Å². The van der Waals surface area contributed by atoms with Crippen LogP contribution in [0.2, 0.25) is 0 Å². The van der Waals surface area contributed by atoms with Gasteiger partial charge in [0, 0.05) is 0 Å². The zero-order chi connectivity index (χ0) is 18.5. The van der Waals surface area contributed by atoms with Crippen LogP contribution in [0.3, 0.4) is 0 Å². The number of rotatable bonds is 2. The van der Waals surface area contributed by atoms with Crippen molar-refractivity contribution in [2.75, 3.05) is 0 Å². The molecule has 0 saturated heterocycles. The van der Waals surface area contributed by atoms with Gasteiger partial charge in [-0.3, -0.25) is 9.59 Å². The van der Waals surface area contributed by atoms with E-state index in [1.165, 1.54) is 0 Å². The van der Waals surface area contributed by atoms with Crippen LogP contribution in [-0.4, -0.2) is 22.8 Å². The first kappa shape index (κ1) is 16.5. The largest absolute Gasteiger partial charge is 0.340 e. The molecule has 0 N–H and O–H groups in total. The lowest BCUT2D eigenvalue weighted by Crippen LogP contribution is -2.37. The number of hydroxylamine groups is 2. The van der Waals surface area contributed by atoms with Gasteiger partial charge in [-0.15, -0.1) is 0 Å². The third kappa shape index (κ3) is 2.43. The van der Waals surface area contributed by atoms with Gasteiger partial charge in [0.15, 0.2) is 0 Å². The van der Waals surface area contributed by atoms with Gasteiger partial charge in [0.05, 0.1) is 17.0 Å². The van der Waals surface area contributed by atoms with Crippen LogP contribution < -0.4 is 0 Å². The molecule has 4 rings (SSSR count). The number of fused-ring (bicyclic) bond motifs is 2. The first-order valence-corrected chi connectivity index (χ1v) is 8.69. The summed E-state index contributed by atoms with van der Waals surface area (Å²) in [5.41, 5.74) is 2.51. The van der Waals surface area contributed by atoms with E-state index < -0.39 is 23.7 Å². The number of carbonyl (C=O) groups excluding carboxylic acids is 3. The summed E-state index contributed by atoms with van der Waals surface area (Å²) in [5, 5.41) is 0.593. The number of imide groups is 1. The summed E-state index contributed by atoms with van der Waals surface area (Å²) < 4.78 is 0. The standard InChI is InChI=1S/C21H19NO4/c1-21(2)12-11-16(13-7-5-6-10-17(13)21)20(25)26-22-18(23)14-8-3-4-9-15(14)19(22)24/h3-10,16H,11-12H2,1-2H3. The highest BCUT2D eigenvalue weighted by Crippen LogP contribution is 2.43. The zero-order valence-electron chi connectivity index (χ0n) is 14.7. The average Bonchev–Trinajstić information content (AvgIpc) is 2.87. The molecule has 0 bridgehead atoms. The molecule has 1 aliphatic carbocycles. The number of hydrogen-bond donors (Lipinski definition) is 0. The molecular formula is C21H19NO4. The van der Waals surface area contributed by atoms with Crippen molar-refractivity contribution in [1.29, 1.82) is 0 Å². The van der Waals surface area contributed by atoms with Crippen LogP contribution in [0.4, 0.5) is 0 Å². The molecule has 1 heterocycles. The molecule has 2 aliphatic rings. The smallest absolute Gasteiger partial charge is 0.329 e. The first-order chi connectivity index (χ1) is 12.4. The minimum absolute atomic E-state index is 0.0249. The van der Waals surface area contributed by atoms with Crippen LogP contribution in [-0.2, 0) is 15.0 Å². The molecule has 2 aromatic rings. The fourth-order valence-corrected chi connectivity index (χ4v) is 3.86. The van der Waals surface area contributed by atoms with Crippen LogP contribution in [0.1, 0.15) is 64.4 Å². The van der Waals surface area contributed by atoms with E-state index in [2.05, 4.69) is 13.8 Å². The Labute approximate surface area is 151 Å². The van der Waals surface area contributed by atoms with Crippen LogP contribution in [0, 0.1) is 0 Å². The molecule has 132 valence electrons. The molecule has 0 radical (unpaired) electrons. The summed E-state index contributed by atoms with van der Waals surface area (Å²) in [6, 6.07) is 14.3. The quantitative estimate of drug-likeness (QED) is 0.777. The second kappa shape index (κ2) is 5.80. The Hall–Kier alpha value is -2.95. The fraction of sp³-hybridized carbons (Fsp3) is 0.286. The van der Waals surface area contributed by atoms with Crippen LogP contribution in [0.25, 0.3) is 0 Å². The first-order valence-electron chi connectivity index (χ1n) is 8.69. The Morgan fingerprint density at radius 3 is 2.23 bits per heavy atom. The van der Waals surface area contributed by atoms with E-state index in [1.807, 2.05) is 24.3 Å². The molecule has 0 aromatic heterocycles. The third-order valence-corrected chi connectivity index (χ3v) is 5.35. The van der Waals surface area contributed by atoms with E-state index in [9.17, 15) is 14.4 Å². The van der Waals surface area contributed by atoms with Gasteiger partial charge in [-0.2, -0.15) is 0 Å². The number of nitrogens with zero attached hydrogens (tertiary/aromatic N) is 1. The summed E-state index contributed by atoms with van der Waals surface area (Å²) >= 11 is 0. The summed E-state index contributed by atoms with van der Waals surface area (Å²) in [6.45, 7) is 4.30. The predicted molar refractivity (Wildman–Crippen MR) is 94.5 cm³/mol. The lowest BCUT2D eigenvalue weighted by molar-refractivity contribution is -0.171. The second-order valence-electron chi connectivity index (χ2n) is 7.42. The van der Waals surface area contributed by atoms with Gasteiger partial charge in [0.25, 0.3) is 11.8 Å². The van der Waals surface area contributed by atoms with Crippen molar-refractivity contribution < 1.29 is 19.2 Å². The van der Waals surface area contributed by atoms with Gasteiger partial charge < -0.3 is 4.84 Å². The highest BCUT2D eigenvalue weighted by molar-refractivity contribution is 6.20. The normalized spacial score (nSPS) is 20.5. The SMILES string of the molecule is CC1(C)CCC(C(=O)ON2C(=O)c3ccccc3C2=O)c2ccccc21. The molecule has 2 amide bonds. The van der Waals surface area contributed by atoms with Crippen molar-refractivity contribution in [1.82, 2.24) is 5.06 Å². The lowest BCUT2D eigenvalue weighted by Gasteiger charge is -2.36. The Balaban J connectivity index is 1.61. The van der Waals surface area contributed by atoms with Crippen molar-refractivity contribution in [2.24, 2.45) is 0 Å². The Morgan fingerprint density at radius 2 is 1.58 bits per heavy atom. The van der Waals surface area contributed by atoms with E-state index in [1.54, 1.807) is 24.3 Å². The Morgan fingerprint density at radius 1 is 1.00 bits per heavy atom. The molecule has 1 aliphatic heterocycles. The average molecular weight is 349 g/mol. The number of hydrogen-bond acceptors (Lipinski definition) is 4. The van der Waals surface area contributed by atoms with E-state index in [0.29, 0.717) is 11.5 Å². The lowest BCUT2D eigenvalue weighted by atomic mass is 9.69. The highest BCUT2D eigenvalue weighted by Gasteiger charge is 2.42. The van der Waals surface area contributed by atoms with E-state index in [4.69, 9.17) is 4.84 Å². The predicted octanol–water partition coefficient (Wildman–Crippen LogP) is 3.60. The number of carbonyl (C=O) groups is 3. The monoisotopic (exact) mass is 349 g/mol. The maximum Gasteiger partial charge on any atom is 0.340 e. The fourth-order valence-electron chi connectivity index (χ4n) is 3.86. The third-order valence-electron chi connectivity index (χ3n) is 5.35. The van der Waals surface area contributed by atoms with E-state index >= 15 is 0 Å².